The second-order valence-electron chi connectivity index (χ2n) is 23.1. The number of hydrogen-bond acceptors (Lipinski definition) is 15. The average Bonchev–Trinajstić information content (AvgIpc) is 1.56. The first kappa shape index (κ1) is 77.0. The molecule has 5 rings (SSSR count). The van der Waals surface area contributed by atoms with Gasteiger partial charge < -0.3 is 74.3 Å². The van der Waals surface area contributed by atoms with Gasteiger partial charge in [0, 0.05) is 62.1 Å². The number of epoxide rings is 1. The Labute approximate surface area is 516 Å². The molecule has 474 valence electrons. The van der Waals surface area contributed by atoms with Gasteiger partial charge in [-0.05, 0) is 119 Å². The van der Waals surface area contributed by atoms with Crippen LogP contribution in [0.5, 0.6) is 0 Å². The molecule has 1 spiro atoms. The minimum atomic E-state index is -1.18. The zero-order valence-electron chi connectivity index (χ0n) is 52.4. The van der Waals surface area contributed by atoms with Crippen LogP contribution < -0.4 is 38.1 Å². The van der Waals surface area contributed by atoms with E-state index in [0.717, 1.165) is 37.7 Å². The fourth-order valence-electron chi connectivity index (χ4n) is 10.9. The predicted molar refractivity (Wildman–Crippen MR) is 319 cm³/mol. The number of unbranched alkanes of at least 4 members (excludes halogenated alkanes) is 2. The third-order valence-corrected chi connectivity index (χ3v) is 15.6. The number of carbonyl (C=O) groups is 9. The molecule has 3 fully saturated rings. The third kappa shape index (κ3) is 24.7. The van der Waals surface area contributed by atoms with Crippen LogP contribution in [0, 0.1) is 36.0 Å². The molecule has 6 amide bonds. The van der Waals surface area contributed by atoms with E-state index in [1.165, 1.54) is 44.4 Å². The van der Waals surface area contributed by atoms with Crippen molar-refractivity contribution in [2.45, 2.75) is 195 Å². The maximum Gasteiger partial charge on any atom is 0.330 e. The number of aliphatic carboxylic acids is 1. The third-order valence-electron chi connectivity index (χ3n) is 15.6. The fraction of sp³-hybridized carbons (Fsp3) is 0.645. The molecule has 2 saturated heterocycles. The minimum Gasteiger partial charge on any atom is -0.478 e. The number of nitrogens with one attached hydrogen (secondary N) is 5. The van der Waals surface area contributed by atoms with E-state index >= 15 is 0 Å². The maximum atomic E-state index is 13.5. The van der Waals surface area contributed by atoms with E-state index in [1.807, 2.05) is 13.8 Å². The van der Waals surface area contributed by atoms with Crippen molar-refractivity contribution in [1.82, 2.24) is 21.3 Å². The Hall–Kier alpha value is -6.03. The zero-order chi connectivity index (χ0) is 62.1. The molecule has 22 nitrogen and oxygen atoms in total. The van der Waals surface area contributed by atoms with Crippen molar-refractivity contribution in [3.8, 4) is 0 Å². The Bertz CT molecular complexity index is 2450. The number of carboxylic acid groups (broad SMARTS) is 1. The summed E-state index contributed by atoms with van der Waals surface area (Å²) in [6, 6.07) is 2.75. The molecule has 0 aromatic heterocycles. The van der Waals surface area contributed by atoms with Crippen LogP contribution in [0.15, 0.2) is 60.2 Å². The van der Waals surface area contributed by atoms with E-state index in [4.69, 9.17) is 40.3 Å². The number of rotatable bonds is 30. The number of anilines is 1. The van der Waals surface area contributed by atoms with Crippen molar-refractivity contribution in [3.63, 3.8) is 0 Å². The largest absolute Gasteiger partial charge is 0.478 e. The second kappa shape index (κ2) is 37.5. The first-order valence-corrected chi connectivity index (χ1v) is 29.3. The SMILES string of the molecule is CC.CC1=C[C@H]2OC3CCC(C)(C2CC1)[C@]31CO1.COC(=O)C(NC(=O)CC(C)(C)CC(=O)OC(C)c1ccc(NC(=O)[C@H](CCCNC(N)=O)NC(=O)C(NC(=O)CCCCCN)C(C)C)cc1)[C@H](C)CCOC(=O)/C=C/C=C\C(=O)O.[CH3-].[Zn]. The molecule has 1 aromatic rings. The van der Waals surface area contributed by atoms with Gasteiger partial charge in [0.15, 0.2) is 0 Å². The van der Waals surface area contributed by atoms with Gasteiger partial charge in [-0.2, -0.15) is 0 Å². The molecule has 2 aliphatic heterocycles. The number of fused-ring (bicyclic) bond motifs is 2. The average molecular weight is 1250 g/mol. The van der Waals surface area contributed by atoms with Crippen molar-refractivity contribution >= 4 is 59.2 Å². The molecule has 4 aliphatic rings. The summed E-state index contributed by atoms with van der Waals surface area (Å²) in [6.45, 7) is 20.5. The number of carbonyl (C=O) groups excluding carboxylic acids is 8. The summed E-state index contributed by atoms with van der Waals surface area (Å²) >= 11 is 0. The number of methoxy groups -OCH3 is 1. The number of urea groups is 1. The molecule has 23 heteroatoms. The number of hydrogen-bond donors (Lipinski definition) is 8. The molecule has 1 saturated carbocycles. The van der Waals surface area contributed by atoms with E-state index < -0.39 is 83.2 Å². The molecular formula is C62H98N7O15Zn-. The Morgan fingerprint density at radius 2 is 1.51 bits per heavy atom. The minimum absolute atomic E-state index is 0. The smallest absolute Gasteiger partial charge is 0.330 e. The van der Waals surface area contributed by atoms with E-state index in [9.17, 15) is 43.2 Å². The van der Waals surface area contributed by atoms with E-state index in [2.05, 4.69) is 46.5 Å². The van der Waals surface area contributed by atoms with Gasteiger partial charge >= 0.3 is 29.9 Å². The van der Waals surface area contributed by atoms with Gasteiger partial charge in [-0.1, -0.05) is 97.7 Å². The molecule has 10 atom stereocenters. The van der Waals surface area contributed by atoms with E-state index in [-0.39, 0.29) is 89.6 Å². The van der Waals surface area contributed by atoms with Crippen molar-refractivity contribution < 1.29 is 91.4 Å². The first-order valence-electron chi connectivity index (χ1n) is 29.3. The Morgan fingerprint density at radius 1 is 0.859 bits per heavy atom. The van der Waals surface area contributed by atoms with Crippen LogP contribution in [0.2, 0.25) is 0 Å². The number of carboxylic acids is 1. The van der Waals surface area contributed by atoms with Crippen LogP contribution in [-0.4, -0.2) is 128 Å². The summed E-state index contributed by atoms with van der Waals surface area (Å²) in [5.41, 5.74) is 12.8. The zero-order valence-corrected chi connectivity index (χ0v) is 55.4. The number of allylic oxidation sites excluding steroid dienone is 3. The van der Waals surface area contributed by atoms with E-state index in [0.29, 0.717) is 54.2 Å². The summed E-state index contributed by atoms with van der Waals surface area (Å²) < 4.78 is 27.8. The topological polar surface area (TPSA) is 336 Å². The predicted octanol–water partition coefficient (Wildman–Crippen LogP) is 7.21. The molecule has 2 bridgehead atoms. The molecule has 85 heavy (non-hydrogen) atoms. The second-order valence-corrected chi connectivity index (χ2v) is 23.1. The molecule has 6 unspecified atom stereocenters. The molecule has 2 heterocycles. The van der Waals surface area contributed by atoms with Gasteiger partial charge in [-0.25, -0.2) is 19.2 Å². The summed E-state index contributed by atoms with van der Waals surface area (Å²) in [6.07, 6.45) is 14.4. The van der Waals surface area contributed by atoms with Crippen LogP contribution in [0.3, 0.4) is 0 Å². The van der Waals surface area contributed by atoms with Crippen LogP contribution in [0.25, 0.3) is 0 Å². The van der Waals surface area contributed by atoms with Crippen molar-refractivity contribution in [3.05, 3.63) is 73.2 Å². The quantitative estimate of drug-likeness (QED) is 0.00434. The molecule has 10 N–H and O–H groups in total. The molecule has 1 aromatic carbocycles. The van der Waals surface area contributed by atoms with Gasteiger partial charge in [0.1, 0.15) is 29.8 Å². The van der Waals surface area contributed by atoms with Crippen LogP contribution >= 0.6 is 0 Å². The number of esters is 3. The standard InChI is InChI=1S/C45H69N7O13.C14H20O2.C2H6.CH3.Zn/c1-28(2)39(51-34(53)15-9-8-12-23-46)42(60)50-33(14-13-24-48-44(47)62)41(59)49-32-20-18-31(19-21-32)30(4)65-38(58)27-45(5,6)26-35(54)52-40(43(61)63-7)29(3)22-25-64-37(57)17-11-10-16-36(55)56;1-9-3-4-10-11(7-9)16-12-5-6-13(10,2)14(12)8-15-14;1-2;;/h10-11,16-21,28-30,33,39-40H,8-9,12-15,22-27,46H2,1-7H3,(H,49,59)(H,50,60)(H,51,53)(H,52,54)(H,55,56)(H3,47,48,62);7,10-12H,3-6,8H2,1-2H3;1-2H3;1H3;/q;;;-1;/b16-10-,17-11+;;;;/t29-,30?,33+,39?,40?;10?,11-,12?,13?,14+;;;/m11.../s1. The Kier molecular flexibility index (Phi) is 34.0. The van der Waals surface area contributed by atoms with Crippen molar-refractivity contribution in [1.29, 1.82) is 0 Å². The van der Waals surface area contributed by atoms with Gasteiger partial charge in [-0.15, -0.1) is 0 Å². The number of nitrogens with two attached hydrogens (primary N) is 2. The molecule has 0 radical (unpaired) electrons. The summed E-state index contributed by atoms with van der Waals surface area (Å²) in [5.74, 6) is -5.22. The van der Waals surface area contributed by atoms with Crippen LogP contribution in [0.4, 0.5) is 10.5 Å². The van der Waals surface area contributed by atoms with Crippen molar-refractivity contribution in [2.24, 2.45) is 40.1 Å². The van der Waals surface area contributed by atoms with Gasteiger partial charge in [-0.3, -0.25) is 24.0 Å². The fourth-order valence-corrected chi connectivity index (χ4v) is 10.9. The number of ether oxygens (including phenoxy) is 5. The van der Waals surface area contributed by atoms with Gasteiger partial charge in [0.05, 0.1) is 39.0 Å². The number of benzene rings is 1. The molecule has 2 aliphatic carbocycles. The normalized spacial score (nSPS) is 21.6. The number of amides is 6. The van der Waals surface area contributed by atoms with Crippen molar-refractivity contribution in [2.75, 3.05) is 38.7 Å². The summed E-state index contributed by atoms with van der Waals surface area (Å²) in [7, 11) is 1.17. The summed E-state index contributed by atoms with van der Waals surface area (Å²) in [4.78, 5) is 112. The number of primary amides is 1. The summed E-state index contributed by atoms with van der Waals surface area (Å²) in [5, 5.41) is 22.0. The van der Waals surface area contributed by atoms with Gasteiger partial charge in [0.25, 0.3) is 0 Å². The van der Waals surface area contributed by atoms with E-state index in [1.54, 1.807) is 65.8 Å². The Balaban J connectivity index is 0.00000150. The Morgan fingerprint density at radius 3 is 2.11 bits per heavy atom. The van der Waals surface area contributed by atoms with Crippen LogP contribution in [0.1, 0.15) is 164 Å². The molecular weight excluding hydrogens is 1150 g/mol. The monoisotopic (exact) mass is 1240 g/mol. The first-order chi connectivity index (χ1) is 39.2. The van der Waals surface area contributed by atoms with Crippen LogP contribution in [-0.2, 0) is 81.5 Å². The maximum absolute atomic E-state index is 13.5. The van der Waals surface area contributed by atoms with Gasteiger partial charge in [0.2, 0.25) is 23.6 Å².